The highest BCUT2D eigenvalue weighted by atomic mass is 32.2. The molecule has 9 nitrogen and oxygen atoms in total. The lowest BCUT2D eigenvalue weighted by Gasteiger charge is -2.06. The molecule has 0 unspecified atom stereocenters. The normalized spacial score (nSPS) is 11.5. The van der Waals surface area contributed by atoms with Gasteiger partial charge in [0.15, 0.2) is 5.58 Å². The molecule has 0 saturated carbocycles. The minimum absolute atomic E-state index is 0.0258. The molecule has 164 valence electrons. The van der Waals surface area contributed by atoms with Crippen molar-refractivity contribution in [2.45, 2.75) is 11.8 Å². The zero-order chi connectivity index (χ0) is 23.0. The van der Waals surface area contributed by atoms with Gasteiger partial charge in [0.05, 0.1) is 10.5 Å². The van der Waals surface area contributed by atoms with Crippen molar-refractivity contribution < 1.29 is 17.6 Å². The number of aromatic nitrogens is 4. The number of sulfonamides is 1. The summed E-state index contributed by atoms with van der Waals surface area (Å²) >= 11 is 0. The maximum Gasteiger partial charge on any atom is 0.355 e. The van der Waals surface area contributed by atoms with Crippen molar-refractivity contribution in [1.29, 1.82) is 0 Å². The van der Waals surface area contributed by atoms with Crippen LogP contribution in [0.15, 0.2) is 88.6 Å². The summed E-state index contributed by atoms with van der Waals surface area (Å²) in [5.41, 5.74) is 3.61. The van der Waals surface area contributed by atoms with Crippen LogP contribution in [0.2, 0.25) is 0 Å². The lowest BCUT2D eigenvalue weighted by molar-refractivity contribution is 0.244. The Labute approximate surface area is 188 Å². The molecular formula is C23H17N5O4S. The Bertz CT molecular complexity index is 1540. The van der Waals surface area contributed by atoms with Crippen molar-refractivity contribution in [2.24, 2.45) is 0 Å². The van der Waals surface area contributed by atoms with Gasteiger partial charge >= 0.3 is 6.03 Å². The molecule has 3 heterocycles. The number of hydrogen-bond acceptors (Lipinski definition) is 7. The number of oxazole rings is 1. The number of pyridine rings is 1. The van der Waals surface area contributed by atoms with Gasteiger partial charge < -0.3 is 4.42 Å². The average Bonchev–Trinajstić information content (AvgIpc) is 3.44. The SMILES string of the molecule is Cc1ccc(S(=O)(=O)NC(=O)n2cc(-c3nc4ccccc4o3)c(-c3ccncc3)n2)cc1. The van der Waals surface area contributed by atoms with Crippen LogP contribution in [0.5, 0.6) is 0 Å². The molecule has 1 N–H and O–H groups in total. The number of para-hydroxylation sites is 2. The van der Waals surface area contributed by atoms with Crippen LogP contribution in [-0.4, -0.2) is 34.2 Å². The summed E-state index contributed by atoms with van der Waals surface area (Å²) in [6, 6.07) is 15.9. The lowest BCUT2D eigenvalue weighted by Crippen LogP contribution is -2.34. The molecule has 0 radical (unpaired) electrons. The van der Waals surface area contributed by atoms with E-state index < -0.39 is 16.1 Å². The first kappa shape index (κ1) is 20.6. The summed E-state index contributed by atoms with van der Waals surface area (Å²) in [6.07, 6.45) is 4.57. The Morgan fingerprint density at radius 1 is 1.00 bits per heavy atom. The molecule has 0 atom stereocenters. The van der Waals surface area contributed by atoms with E-state index in [0.717, 1.165) is 10.2 Å². The largest absolute Gasteiger partial charge is 0.436 e. The minimum atomic E-state index is -4.09. The van der Waals surface area contributed by atoms with Gasteiger partial charge in [-0.1, -0.05) is 29.8 Å². The first-order chi connectivity index (χ1) is 15.9. The van der Waals surface area contributed by atoms with Crippen LogP contribution in [0.25, 0.3) is 33.8 Å². The third-order valence-electron chi connectivity index (χ3n) is 4.95. The molecule has 10 heteroatoms. The molecule has 0 saturated heterocycles. The lowest BCUT2D eigenvalue weighted by atomic mass is 10.1. The summed E-state index contributed by atoms with van der Waals surface area (Å²) in [4.78, 5) is 21.3. The van der Waals surface area contributed by atoms with Crippen LogP contribution >= 0.6 is 0 Å². The highest BCUT2D eigenvalue weighted by molar-refractivity contribution is 7.90. The van der Waals surface area contributed by atoms with E-state index >= 15 is 0 Å². The Morgan fingerprint density at radius 2 is 1.73 bits per heavy atom. The molecule has 0 spiro atoms. The summed E-state index contributed by atoms with van der Waals surface area (Å²) in [6.45, 7) is 1.84. The topological polar surface area (TPSA) is 120 Å². The average molecular weight is 459 g/mol. The summed E-state index contributed by atoms with van der Waals surface area (Å²) in [5.74, 6) is 0.253. The molecule has 0 aliphatic heterocycles. The number of carbonyl (C=O) groups is 1. The van der Waals surface area contributed by atoms with Crippen molar-refractivity contribution >= 4 is 27.2 Å². The number of benzene rings is 2. The zero-order valence-corrected chi connectivity index (χ0v) is 18.2. The highest BCUT2D eigenvalue weighted by Crippen LogP contribution is 2.32. The van der Waals surface area contributed by atoms with Gasteiger partial charge in [0.2, 0.25) is 5.89 Å². The molecule has 0 aliphatic rings. The van der Waals surface area contributed by atoms with Crippen molar-refractivity contribution in [2.75, 3.05) is 0 Å². The quantitative estimate of drug-likeness (QED) is 0.431. The van der Waals surface area contributed by atoms with Gasteiger partial charge in [0.25, 0.3) is 10.0 Å². The number of nitrogens with zero attached hydrogens (tertiary/aromatic N) is 4. The second-order valence-electron chi connectivity index (χ2n) is 7.28. The number of fused-ring (bicyclic) bond motifs is 1. The van der Waals surface area contributed by atoms with Crippen LogP contribution in [0.1, 0.15) is 5.56 Å². The van der Waals surface area contributed by atoms with Crippen molar-refractivity contribution in [3.8, 4) is 22.7 Å². The molecule has 1 amide bonds. The van der Waals surface area contributed by atoms with Gasteiger partial charge in [0.1, 0.15) is 11.2 Å². The van der Waals surface area contributed by atoms with E-state index in [1.54, 1.807) is 48.8 Å². The zero-order valence-electron chi connectivity index (χ0n) is 17.3. The van der Waals surface area contributed by atoms with Crippen molar-refractivity contribution in [1.82, 2.24) is 24.5 Å². The minimum Gasteiger partial charge on any atom is -0.436 e. The van der Waals surface area contributed by atoms with Crippen LogP contribution in [0, 0.1) is 6.92 Å². The van der Waals surface area contributed by atoms with Crippen LogP contribution in [0.4, 0.5) is 4.79 Å². The van der Waals surface area contributed by atoms with E-state index in [2.05, 4.69) is 15.1 Å². The van der Waals surface area contributed by atoms with Crippen LogP contribution in [-0.2, 0) is 10.0 Å². The number of carbonyl (C=O) groups excluding carboxylic acids is 1. The maximum absolute atomic E-state index is 12.8. The summed E-state index contributed by atoms with van der Waals surface area (Å²) in [5, 5.41) is 4.33. The predicted molar refractivity (Wildman–Crippen MR) is 121 cm³/mol. The fourth-order valence-electron chi connectivity index (χ4n) is 3.28. The standard InChI is InChI=1S/C23H17N5O4S/c1-15-6-8-17(9-7-15)33(30,31)27-23(29)28-14-18(21(26-28)16-10-12-24-13-11-16)22-25-19-4-2-3-5-20(19)32-22/h2-14H,1H3,(H,27,29). The van der Waals surface area contributed by atoms with Gasteiger partial charge in [-0.3, -0.25) is 4.98 Å². The monoisotopic (exact) mass is 459 g/mol. The molecule has 0 aliphatic carbocycles. The first-order valence-corrected chi connectivity index (χ1v) is 11.4. The highest BCUT2D eigenvalue weighted by Gasteiger charge is 2.24. The van der Waals surface area contributed by atoms with E-state index in [0.29, 0.717) is 27.9 Å². The fourth-order valence-corrected chi connectivity index (χ4v) is 4.22. The van der Waals surface area contributed by atoms with E-state index in [1.165, 1.54) is 18.3 Å². The fraction of sp³-hybridized carbons (Fsp3) is 0.0435. The molecule has 33 heavy (non-hydrogen) atoms. The molecule has 0 fully saturated rings. The Balaban J connectivity index is 1.55. The Hall–Kier alpha value is -4.31. The van der Waals surface area contributed by atoms with E-state index in [9.17, 15) is 13.2 Å². The molecule has 5 rings (SSSR count). The van der Waals surface area contributed by atoms with Crippen molar-refractivity contribution in [3.63, 3.8) is 0 Å². The van der Waals surface area contributed by atoms with E-state index in [4.69, 9.17) is 4.42 Å². The number of rotatable bonds is 4. The number of amides is 1. The van der Waals surface area contributed by atoms with Crippen LogP contribution < -0.4 is 4.72 Å². The van der Waals surface area contributed by atoms with Gasteiger partial charge in [-0.15, -0.1) is 0 Å². The number of nitrogens with one attached hydrogen (secondary N) is 1. The third kappa shape index (κ3) is 3.99. The second-order valence-corrected chi connectivity index (χ2v) is 8.96. The molecule has 0 bridgehead atoms. The molecular weight excluding hydrogens is 442 g/mol. The van der Waals surface area contributed by atoms with E-state index in [1.807, 2.05) is 23.8 Å². The molecule has 2 aromatic carbocycles. The van der Waals surface area contributed by atoms with Gasteiger partial charge in [-0.2, -0.15) is 9.78 Å². The summed E-state index contributed by atoms with van der Waals surface area (Å²) in [7, 11) is -4.09. The predicted octanol–water partition coefficient (Wildman–Crippen LogP) is 4.01. The van der Waals surface area contributed by atoms with Crippen LogP contribution in [0.3, 0.4) is 0 Å². The van der Waals surface area contributed by atoms with E-state index in [-0.39, 0.29) is 10.8 Å². The first-order valence-electron chi connectivity index (χ1n) is 9.90. The number of aryl methyl sites for hydroxylation is 1. The third-order valence-corrected chi connectivity index (χ3v) is 6.29. The molecule has 5 aromatic rings. The van der Waals surface area contributed by atoms with Gasteiger partial charge in [0, 0.05) is 24.2 Å². The summed E-state index contributed by atoms with van der Waals surface area (Å²) < 4.78 is 34.2. The number of hydrogen-bond donors (Lipinski definition) is 1. The van der Waals surface area contributed by atoms with Crippen molar-refractivity contribution in [3.05, 3.63) is 84.8 Å². The maximum atomic E-state index is 12.8. The smallest absolute Gasteiger partial charge is 0.355 e. The molecule has 3 aromatic heterocycles. The van der Waals surface area contributed by atoms with Gasteiger partial charge in [-0.25, -0.2) is 22.9 Å². The Morgan fingerprint density at radius 3 is 2.45 bits per heavy atom. The second kappa shape index (κ2) is 7.99. The Kier molecular flexibility index (Phi) is 4.98. The van der Waals surface area contributed by atoms with Gasteiger partial charge in [-0.05, 0) is 43.3 Å².